The molecule has 0 bridgehead atoms. The van der Waals surface area contributed by atoms with E-state index >= 15 is 0 Å². The molecule has 6 heteroatoms. The Hall–Kier alpha value is -3.54. The van der Waals surface area contributed by atoms with Crippen molar-refractivity contribution in [3.05, 3.63) is 66.7 Å². The smallest absolute Gasteiger partial charge is 0.344 e. The van der Waals surface area contributed by atoms with Gasteiger partial charge in [0.05, 0.1) is 0 Å². The molecule has 0 saturated carbocycles. The molecule has 0 radical (unpaired) electrons. The summed E-state index contributed by atoms with van der Waals surface area (Å²) in [7, 11) is 0. The van der Waals surface area contributed by atoms with E-state index in [2.05, 4.69) is 5.32 Å². The van der Waals surface area contributed by atoms with Crippen LogP contribution in [-0.2, 0) is 14.3 Å². The molecule has 0 aliphatic carbocycles. The molecule has 1 amide bonds. The van der Waals surface area contributed by atoms with E-state index in [9.17, 15) is 14.7 Å². The lowest BCUT2D eigenvalue weighted by atomic mass is 10.1. The number of carbonyl (C=O) groups excluding carboxylic acids is 2. The molecule has 0 atom stereocenters. The Kier molecular flexibility index (Phi) is 5.34. The molecular weight excluding hydrogens is 334 g/mol. The fraction of sp³-hybridized carbons (Fsp3) is 0.100. The molecule has 0 unspecified atom stereocenters. The summed E-state index contributed by atoms with van der Waals surface area (Å²) >= 11 is 0. The van der Waals surface area contributed by atoms with E-state index in [4.69, 9.17) is 9.47 Å². The molecule has 0 saturated heterocycles. The molecule has 0 fully saturated rings. The third-order valence-corrected chi connectivity index (χ3v) is 3.64. The third-order valence-electron chi connectivity index (χ3n) is 3.64. The van der Waals surface area contributed by atoms with E-state index in [0.29, 0.717) is 5.69 Å². The van der Waals surface area contributed by atoms with E-state index in [1.807, 2.05) is 36.4 Å². The lowest BCUT2D eigenvalue weighted by Crippen LogP contribution is -2.23. The lowest BCUT2D eigenvalue weighted by Gasteiger charge is -2.10. The average molecular weight is 351 g/mol. The van der Waals surface area contributed by atoms with Crippen molar-refractivity contribution in [3.63, 3.8) is 0 Å². The predicted octanol–water partition coefficient (Wildman–Crippen LogP) is 3.11. The van der Waals surface area contributed by atoms with Gasteiger partial charge in [0.1, 0.15) is 0 Å². The molecule has 0 heterocycles. The summed E-state index contributed by atoms with van der Waals surface area (Å²) in [4.78, 5) is 23.7. The van der Waals surface area contributed by atoms with Gasteiger partial charge < -0.3 is 19.9 Å². The SMILES string of the molecule is O=C(COC(=O)COc1ccccc1O)Nc1cccc2ccccc12. The number of fused-ring (bicyclic) bond motifs is 1. The third kappa shape index (κ3) is 4.30. The molecule has 0 spiro atoms. The molecule has 3 rings (SSSR count). The zero-order chi connectivity index (χ0) is 18.4. The number of hydrogen-bond donors (Lipinski definition) is 2. The summed E-state index contributed by atoms with van der Waals surface area (Å²) in [6.45, 7) is -0.828. The van der Waals surface area contributed by atoms with E-state index in [1.165, 1.54) is 12.1 Å². The van der Waals surface area contributed by atoms with E-state index in [1.54, 1.807) is 18.2 Å². The first-order valence-electron chi connectivity index (χ1n) is 7.97. The van der Waals surface area contributed by atoms with E-state index < -0.39 is 25.1 Å². The number of hydrogen-bond acceptors (Lipinski definition) is 5. The minimum atomic E-state index is -0.707. The van der Waals surface area contributed by atoms with Gasteiger partial charge in [-0.05, 0) is 23.6 Å². The molecule has 6 nitrogen and oxygen atoms in total. The van der Waals surface area contributed by atoms with Crippen LogP contribution in [0.2, 0.25) is 0 Å². The van der Waals surface area contributed by atoms with Gasteiger partial charge in [-0.15, -0.1) is 0 Å². The maximum Gasteiger partial charge on any atom is 0.344 e. The first kappa shape index (κ1) is 17.3. The minimum absolute atomic E-state index is 0.0750. The fourth-order valence-corrected chi connectivity index (χ4v) is 2.42. The number of anilines is 1. The quantitative estimate of drug-likeness (QED) is 0.667. The fourth-order valence-electron chi connectivity index (χ4n) is 2.42. The van der Waals surface area contributed by atoms with Gasteiger partial charge in [-0.25, -0.2) is 4.79 Å². The van der Waals surface area contributed by atoms with Crippen LogP contribution in [0.3, 0.4) is 0 Å². The zero-order valence-corrected chi connectivity index (χ0v) is 13.8. The highest BCUT2D eigenvalue weighted by Crippen LogP contribution is 2.24. The topological polar surface area (TPSA) is 84.9 Å². The second-order valence-corrected chi connectivity index (χ2v) is 5.49. The summed E-state index contributed by atoms with van der Waals surface area (Å²) in [5.74, 6) is -1.06. The van der Waals surface area contributed by atoms with Gasteiger partial charge in [-0.1, -0.05) is 48.5 Å². The highest BCUT2D eigenvalue weighted by Gasteiger charge is 2.11. The normalized spacial score (nSPS) is 10.3. The van der Waals surface area contributed by atoms with Crippen LogP contribution in [-0.4, -0.2) is 30.2 Å². The van der Waals surface area contributed by atoms with Crippen molar-refractivity contribution < 1.29 is 24.2 Å². The summed E-state index contributed by atoms with van der Waals surface area (Å²) in [6.07, 6.45) is 0. The maximum absolute atomic E-state index is 12.0. The Labute approximate surface area is 150 Å². The molecule has 26 heavy (non-hydrogen) atoms. The number of benzene rings is 3. The summed E-state index contributed by atoms with van der Waals surface area (Å²) in [5, 5.41) is 14.2. The summed E-state index contributed by atoms with van der Waals surface area (Å²) in [6, 6.07) is 19.5. The average Bonchev–Trinajstić information content (AvgIpc) is 2.66. The van der Waals surface area contributed by atoms with Crippen LogP contribution < -0.4 is 10.1 Å². The van der Waals surface area contributed by atoms with Crippen molar-refractivity contribution in [2.24, 2.45) is 0 Å². The van der Waals surface area contributed by atoms with Crippen molar-refractivity contribution in [1.82, 2.24) is 0 Å². The van der Waals surface area contributed by atoms with Crippen LogP contribution in [0.25, 0.3) is 10.8 Å². The molecule has 3 aromatic carbocycles. The number of nitrogens with one attached hydrogen (secondary N) is 1. The van der Waals surface area contributed by atoms with Gasteiger partial charge in [-0.3, -0.25) is 4.79 Å². The number of esters is 1. The number of rotatable bonds is 6. The number of para-hydroxylation sites is 2. The van der Waals surface area contributed by atoms with Gasteiger partial charge in [-0.2, -0.15) is 0 Å². The molecule has 132 valence electrons. The standard InChI is InChI=1S/C20H17NO5/c22-17-10-3-4-11-18(17)25-13-20(24)26-12-19(23)21-16-9-5-7-14-6-1-2-8-15(14)16/h1-11,22H,12-13H2,(H,21,23). The molecule has 3 aromatic rings. The highest BCUT2D eigenvalue weighted by molar-refractivity contribution is 6.02. The van der Waals surface area contributed by atoms with Crippen LogP contribution in [0.5, 0.6) is 11.5 Å². The number of carbonyl (C=O) groups is 2. The first-order chi connectivity index (χ1) is 12.6. The summed E-state index contributed by atoms with van der Waals surface area (Å²) < 4.78 is 10.0. The Morgan fingerprint density at radius 3 is 2.46 bits per heavy atom. The number of aromatic hydroxyl groups is 1. The van der Waals surface area contributed by atoms with Crippen molar-refractivity contribution in [2.45, 2.75) is 0 Å². The second kappa shape index (κ2) is 8.02. The summed E-state index contributed by atoms with van der Waals surface area (Å²) in [5.41, 5.74) is 0.648. The van der Waals surface area contributed by atoms with Crippen LogP contribution in [0.4, 0.5) is 5.69 Å². The highest BCUT2D eigenvalue weighted by atomic mass is 16.6. The van der Waals surface area contributed by atoms with Crippen LogP contribution in [0, 0.1) is 0 Å². The number of ether oxygens (including phenoxy) is 2. The largest absolute Gasteiger partial charge is 0.504 e. The maximum atomic E-state index is 12.0. The van der Waals surface area contributed by atoms with Crippen molar-refractivity contribution in [2.75, 3.05) is 18.5 Å². The number of phenolic OH excluding ortho intramolecular Hbond substituents is 1. The Bertz CT molecular complexity index is 933. The Balaban J connectivity index is 1.50. The minimum Gasteiger partial charge on any atom is -0.504 e. The van der Waals surface area contributed by atoms with Gasteiger partial charge in [0.15, 0.2) is 24.7 Å². The molecular formula is C20H17NO5. The predicted molar refractivity (Wildman–Crippen MR) is 97.1 cm³/mol. The molecule has 2 N–H and O–H groups in total. The van der Waals surface area contributed by atoms with Gasteiger partial charge in [0.25, 0.3) is 5.91 Å². The second-order valence-electron chi connectivity index (χ2n) is 5.49. The van der Waals surface area contributed by atoms with Crippen LogP contribution >= 0.6 is 0 Å². The molecule has 0 aromatic heterocycles. The number of phenols is 1. The Morgan fingerprint density at radius 1 is 0.885 bits per heavy atom. The van der Waals surface area contributed by atoms with Gasteiger partial charge in [0, 0.05) is 11.1 Å². The van der Waals surface area contributed by atoms with Gasteiger partial charge >= 0.3 is 5.97 Å². The van der Waals surface area contributed by atoms with Crippen molar-refractivity contribution in [1.29, 1.82) is 0 Å². The molecule has 0 aliphatic heterocycles. The van der Waals surface area contributed by atoms with Gasteiger partial charge in [0.2, 0.25) is 0 Å². The van der Waals surface area contributed by atoms with Crippen molar-refractivity contribution >= 4 is 28.3 Å². The van der Waals surface area contributed by atoms with Crippen LogP contribution in [0.1, 0.15) is 0 Å². The van der Waals surface area contributed by atoms with Crippen LogP contribution in [0.15, 0.2) is 66.7 Å². The number of amides is 1. The lowest BCUT2D eigenvalue weighted by molar-refractivity contribution is -0.149. The monoisotopic (exact) mass is 351 g/mol. The van der Waals surface area contributed by atoms with E-state index in [0.717, 1.165) is 10.8 Å². The first-order valence-corrected chi connectivity index (χ1v) is 7.97. The van der Waals surface area contributed by atoms with Crippen molar-refractivity contribution in [3.8, 4) is 11.5 Å². The Morgan fingerprint density at radius 2 is 1.62 bits per heavy atom. The molecule has 0 aliphatic rings. The van der Waals surface area contributed by atoms with E-state index in [-0.39, 0.29) is 11.5 Å². The zero-order valence-electron chi connectivity index (χ0n) is 13.8.